The molecule has 1 aromatic heterocycles. The molecule has 1 N–H and O–H groups in total. The molecule has 128 valence electrons. The molecule has 0 unspecified atom stereocenters. The summed E-state index contributed by atoms with van der Waals surface area (Å²) in [7, 11) is 0. The molecule has 24 heavy (non-hydrogen) atoms. The van der Waals surface area contributed by atoms with Crippen LogP contribution in [-0.4, -0.2) is 33.4 Å². The van der Waals surface area contributed by atoms with Crippen molar-refractivity contribution in [3.8, 4) is 0 Å². The van der Waals surface area contributed by atoms with Crippen LogP contribution in [0.4, 0.5) is 4.39 Å². The van der Waals surface area contributed by atoms with E-state index in [0.29, 0.717) is 26.0 Å². The molecule has 1 aromatic carbocycles. The summed E-state index contributed by atoms with van der Waals surface area (Å²) in [5.41, 5.74) is 0.868. The van der Waals surface area contributed by atoms with Gasteiger partial charge in [-0.05, 0) is 37.0 Å². The van der Waals surface area contributed by atoms with Crippen LogP contribution >= 0.6 is 0 Å². The van der Waals surface area contributed by atoms with Gasteiger partial charge in [0.2, 0.25) is 5.91 Å². The summed E-state index contributed by atoms with van der Waals surface area (Å²) in [6.45, 7) is 1.35. The average Bonchev–Trinajstić information content (AvgIpc) is 3.27. The van der Waals surface area contributed by atoms with Gasteiger partial charge in [-0.2, -0.15) is 5.10 Å². The molecule has 0 radical (unpaired) electrons. The number of aryl methyl sites for hydroxylation is 1. The normalized spacial score (nSPS) is 18.5. The summed E-state index contributed by atoms with van der Waals surface area (Å²) in [6.07, 6.45) is 5.98. The van der Waals surface area contributed by atoms with Crippen molar-refractivity contribution in [3.05, 3.63) is 48.3 Å². The smallest absolute Gasteiger partial charge is 0.220 e. The van der Waals surface area contributed by atoms with E-state index in [1.54, 1.807) is 23.1 Å². The minimum absolute atomic E-state index is 0.0417. The van der Waals surface area contributed by atoms with Crippen LogP contribution in [0.2, 0.25) is 0 Å². The van der Waals surface area contributed by atoms with Crippen LogP contribution in [0, 0.1) is 5.82 Å². The maximum Gasteiger partial charge on any atom is 0.220 e. The molecule has 0 bridgehead atoms. The first-order chi connectivity index (χ1) is 11.7. The van der Waals surface area contributed by atoms with Crippen LogP contribution in [0.25, 0.3) is 0 Å². The number of carbonyl (C=O) groups is 1. The first kappa shape index (κ1) is 16.6. The van der Waals surface area contributed by atoms with Crippen LogP contribution in [0.1, 0.15) is 37.3 Å². The molecule has 6 nitrogen and oxygen atoms in total. The quantitative estimate of drug-likeness (QED) is 0.844. The largest absolute Gasteiger partial charge is 0.376 e. The molecular weight excluding hydrogens is 311 g/mol. The van der Waals surface area contributed by atoms with E-state index < -0.39 is 0 Å². The van der Waals surface area contributed by atoms with Gasteiger partial charge in [0, 0.05) is 19.6 Å². The second-order valence-corrected chi connectivity index (χ2v) is 5.91. The fraction of sp³-hybridized carbons (Fsp3) is 0.471. The molecule has 0 saturated carbocycles. The summed E-state index contributed by atoms with van der Waals surface area (Å²) < 4.78 is 20.6. The number of halogens is 1. The zero-order valence-electron chi connectivity index (χ0n) is 13.4. The monoisotopic (exact) mass is 332 g/mol. The van der Waals surface area contributed by atoms with Crippen LogP contribution in [-0.2, 0) is 16.1 Å². The fourth-order valence-electron chi connectivity index (χ4n) is 2.92. The van der Waals surface area contributed by atoms with Gasteiger partial charge < -0.3 is 10.1 Å². The van der Waals surface area contributed by atoms with E-state index in [9.17, 15) is 9.18 Å². The lowest BCUT2D eigenvalue weighted by Gasteiger charge is -2.25. The van der Waals surface area contributed by atoms with Crippen molar-refractivity contribution in [3.63, 3.8) is 0 Å². The van der Waals surface area contributed by atoms with Gasteiger partial charge in [0.15, 0.2) is 0 Å². The number of ether oxygens (including phenoxy) is 1. The van der Waals surface area contributed by atoms with Crippen molar-refractivity contribution in [2.75, 3.05) is 6.61 Å². The second kappa shape index (κ2) is 8.01. The third kappa shape index (κ3) is 4.38. The summed E-state index contributed by atoms with van der Waals surface area (Å²) in [6, 6.07) is 5.99. The van der Waals surface area contributed by atoms with Crippen molar-refractivity contribution >= 4 is 5.91 Å². The van der Waals surface area contributed by atoms with Crippen molar-refractivity contribution in [2.45, 2.75) is 44.4 Å². The summed E-state index contributed by atoms with van der Waals surface area (Å²) >= 11 is 0. The van der Waals surface area contributed by atoms with E-state index in [0.717, 1.165) is 18.4 Å². The van der Waals surface area contributed by atoms with Gasteiger partial charge in [-0.1, -0.05) is 12.1 Å². The van der Waals surface area contributed by atoms with Crippen LogP contribution in [0.3, 0.4) is 0 Å². The van der Waals surface area contributed by atoms with Crippen molar-refractivity contribution < 1.29 is 13.9 Å². The number of rotatable bonds is 7. The van der Waals surface area contributed by atoms with Gasteiger partial charge in [0.25, 0.3) is 0 Å². The van der Waals surface area contributed by atoms with Crippen LogP contribution in [0.5, 0.6) is 0 Å². The number of nitrogens with one attached hydrogen (secondary N) is 1. The van der Waals surface area contributed by atoms with E-state index in [1.165, 1.54) is 18.5 Å². The maximum absolute atomic E-state index is 13.2. The molecule has 7 heteroatoms. The van der Waals surface area contributed by atoms with E-state index in [4.69, 9.17) is 4.74 Å². The van der Waals surface area contributed by atoms with Gasteiger partial charge >= 0.3 is 0 Å². The Kier molecular flexibility index (Phi) is 5.53. The average molecular weight is 332 g/mol. The number of benzene rings is 1. The van der Waals surface area contributed by atoms with E-state index in [1.807, 2.05) is 0 Å². The highest BCUT2D eigenvalue weighted by Crippen LogP contribution is 2.27. The number of hydrogen-bond acceptors (Lipinski definition) is 4. The van der Waals surface area contributed by atoms with Crippen LogP contribution in [0.15, 0.2) is 36.9 Å². The number of aromatic nitrogens is 3. The van der Waals surface area contributed by atoms with Crippen molar-refractivity contribution in [2.24, 2.45) is 0 Å². The van der Waals surface area contributed by atoms with Gasteiger partial charge in [0.05, 0.1) is 12.1 Å². The molecule has 1 aliphatic rings. The fourth-order valence-corrected chi connectivity index (χ4v) is 2.92. The minimum Gasteiger partial charge on any atom is -0.376 e. The predicted molar refractivity (Wildman–Crippen MR) is 85.5 cm³/mol. The number of nitrogens with zero attached hydrogens (tertiary/aromatic N) is 3. The van der Waals surface area contributed by atoms with E-state index in [-0.39, 0.29) is 23.9 Å². The first-order valence-electron chi connectivity index (χ1n) is 8.21. The Balaban J connectivity index is 1.58. The van der Waals surface area contributed by atoms with Crippen molar-refractivity contribution in [1.82, 2.24) is 20.1 Å². The molecule has 2 atom stereocenters. The molecule has 3 rings (SSSR count). The standard InChI is InChI=1S/C17H21FN4O2/c18-14-7-5-13(6-8-14)17(15-3-2-10-24-15)21-16(23)4-1-9-22-12-19-11-20-22/h5-8,11-12,15,17H,1-4,9-10H2,(H,21,23)/t15-,17-/m0/s1. The Hall–Kier alpha value is -2.28. The molecule has 1 aliphatic heterocycles. The summed E-state index contributed by atoms with van der Waals surface area (Å²) in [5, 5.41) is 7.05. The SMILES string of the molecule is O=C(CCCn1cncn1)N[C@@H](c1ccc(F)cc1)[C@@H]1CCCO1. The van der Waals surface area contributed by atoms with Crippen LogP contribution < -0.4 is 5.32 Å². The van der Waals surface area contributed by atoms with Gasteiger partial charge in [-0.25, -0.2) is 9.37 Å². The third-order valence-corrected chi connectivity index (χ3v) is 4.14. The lowest BCUT2D eigenvalue weighted by molar-refractivity contribution is -0.123. The van der Waals surface area contributed by atoms with Gasteiger partial charge in [-0.3, -0.25) is 9.48 Å². The van der Waals surface area contributed by atoms with E-state index in [2.05, 4.69) is 15.4 Å². The molecule has 1 saturated heterocycles. The zero-order valence-corrected chi connectivity index (χ0v) is 13.4. The molecule has 2 aromatic rings. The molecule has 0 spiro atoms. The van der Waals surface area contributed by atoms with Gasteiger partial charge in [-0.15, -0.1) is 0 Å². The lowest BCUT2D eigenvalue weighted by Crippen LogP contribution is -2.36. The number of amides is 1. The molecular formula is C17H21FN4O2. The second-order valence-electron chi connectivity index (χ2n) is 5.91. The third-order valence-electron chi connectivity index (χ3n) is 4.14. The molecule has 1 fully saturated rings. The van der Waals surface area contributed by atoms with E-state index >= 15 is 0 Å². The summed E-state index contributed by atoms with van der Waals surface area (Å²) in [5.74, 6) is -0.330. The Morgan fingerprint density at radius 2 is 2.25 bits per heavy atom. The topological polar surface area (TPSA) is 69.0 Å². The Bertz CT molecular complexity index is 639. The highest BCUT2D eigenvalue weighted by Gasteiger charge is 2.28. The summed E-state index contributed by atoms with van der Waals surface area (Å²) in [4.78, 5) is 16.2. The minimum atomic E-state index is -0.288. The number of carbonyl (C=O) groups excluding carboxylic acids is 1. The van der Waals surface area contributed by atoms with Crippen molar-refractivity contribution in [1.29, 1.82) is 0 Å². The highest BCUT2D eigenvalue weighted by molar-refractivity contribution is 5.76. The molecule has 2 heterocycles. The molecule has 1 amide bonds. The zero-order chi connectivity index (χ0) is 16.8. The molecule has 0 aliphatic carbocycles. The lowest BCUT2D eigenvalue weighted by atomic mass is 9.99. The predicted octanol–water partition coefficient (Wildman–Crippen LogP) is 2.23. The Labute approximate surface area is 140 Å². The number of hydrogen-bond donors (Lipinski definition) is 1. The highest BCUT2D eigenvalue weighted by atomic mass is 19.1. The van der Waals surface area contributed by atoms with Gasteiger partial charge in [0.1, 0.15) is 18.5 Å². The maximum atomic E-state index is 13.2. The Morgan fingerprint density at radius 1 is 1.42 bits per heavy atom. The Morgan fingerprint density at radius 3 is 2.92 bits per heavy atom. The first-order valence-corrected chi connectivity index (χ1v) is 8.21.